The number of benzene rings is 2. The van der Waals surface area contributed by atoms with E-state index < -0.39 is 0 Å². The fourth-order valence-electron chi connectivity index (χ4n) is 3.07. The quantitative estimate of drug-likeness (QED) is 0.466. The average Bonchev–Trinajstić information content (AvgIpc) is 2.76. The Morgan fingerprint density at radius 3 is 2.41 bits per heavy atom. The van der Waals surface area contributed by atoms with Crippen LogP contribution in [-0.2, 0) is 13.1 Å². The second-order valence-corrected chi connectivity index (χ2v) is 6.63. The minimum atomic E-state index is 0.597. The van der Waals surface area contributed by atoms with Crippen LogP contribution in [0.1, 0.15) is 31.9 Å². The van der Waals surface area contributed by atoms with Gasteiger partial charge in [-0.2, -0.15) is 0 Å². The van der Waals surface area contributed by atoms with E-state index in [4.69, 9.17) is 9.47 Å². The standard InChI is InChI=1S/C23H34N4O2/c1-6-27(7-2)17-19-11-9-10-18(14-19)16-25-23(24-4)26-20-12-13-21(29-8-3)22(15-20)28-5/h9-15H,6-8,16-17H2,1-5H3,(H2,24,25,26). The average molecular weight is 399 g/mol. The van der Waals surface area contributed by atoms with E-state index in [2.05, 4.69) is 58.6 Å². The molecule has 158 valence electrons. The van der Waals surface area contributed by atoms with Gasteiger partial charge >= 0.3 is 0 Å². The second-order valence-electron chi connectivity index (χ2n) is 6.63. The van der Waals surface area contributed by atoms with Gasteiger partial charge in [0.2, 0.25) is 0 Å². The predicted molar refractivity (Wildman–Crippen MR) is 121 cm³/mol. The van der Waals surface area contributed by atoms with Gasteiger partial charge in [0, 0.05) is 31.9 Å². The van der Waals surface area contributed by atoms with Gasteiger partial charge in [-0.15, -0.1) is 0 Å². The van der Waals surface area contributed by atoms with E-state index >= 15 is 0 Å². The topological polar surface area (TPSA) is 58.1 Å². The largest absolute Gasteiger partial charge is 0.493 e. The highest BCUT2D eigenvalue weighted by atomic mass is 16.5. The van der Waals surface area contributed by atoms with Crippen LogP contribution in [0.5, 0.6) is 11.5 Å². The number of nitrogens with one attached hydrogen (secondary N) is 2. The zero-order valence-electron chi connectivity index (χ0n) is 18.3. The first kappa shape index (κ1) is 22.6. The Morgan fingerprint density at radius 2 is 1.76 bits per heavy atom. The van der Waals surface area contributed by atoms with Crippen molar-refractivity contribution in [3.8, 4) is 11.5 Å². The van der Waals surface area contributed by atoms with Crippen molar-refractivity contribution in [2.75, 3.05) is 39.2 Å². The van der Waals surface area contributed by atoms with Crippen molar-refractivity contribution < 1.29 is 9.47 Å². The highest BCUT2D eigenvalue weighted by molar-refractivity contribution is 5.93. The molecular formula is C23H34N4O2. The molecule has 0 saturated carbocycles. The Morgan fingerprint density at radius 1 is 1.00 bits per heavy atom. The highest BCUT2D eigenvalue weighted by Crippen LogP contribution is 2.30. The summed E-state index contributed by atoms with van der Waals surface area (Å²) in [7, 11) is 3.40. The molecule has 0 radical (unpaired) electrons. The molecule has 2 aromatic rings. The fourth-order valence-corrected chi connectivity index (χ4v) is 3.07. The van der Waals surface area contributed by atoms with Crippen molar-refractivity contribution >= 4 is 11.6 Å². The Kier molecular flexibility index (Phi) is 9.31. The first-order valence-corrected chi connectivity index (χ1v) is 10.2. The molecule has 0 bridgehead atoms. The molecule has 0 amide bonds. The molecule has 2 aromatic carbocycles. The van der Waals surface area contributed by atoms with Crippen molar-refractivity contribution in [1.82, 2.24) is 10.2 Å². The number of aliphatic imine (C=N–C) groups is 1. The van der Waals surface area contributed by atoms with Gasteiger partial charge in [-0.3, -0.25) is 9.89 Å². The molecule has 2 N–H and O–H groups in total. The van der Waals surface area contributed by atoms with E-state index in [-0.39, 0.29) is 0 Å². The Balaban J connectivity index is 1.99. The number of nitrogens with zero attached hydrogens (tertiary/aromatic N) is 2. The van der Waals surface area contributed by atoms with Crippen LogP contribution < -0.4 is 20.1 Å². The molecule has 6 heteroatoms. The number of anilines is 1. The van der Waals surface area contributed by atoms with Gasteiger partial charge in [0.15, 0.2) is 17.5 Å². The first-order chi connectivity index (χ1) is 14.1. The van der Waals surface area contributed by atoms with Gasteiger partial charge < -0.3 is 20.1 Å². The molecule has 0 aliphatic heterocycles. The van der Waals surface area contributed by atoms with Crippen LogP contribution in [0, 0.1) is 0 Å². The highest BCUT2D eigenvalue weighted by Gasteiger charge is 2.07. The van der Waals surface area contributed by atoms with Crippen LogP contribution >= 0.6 is 0 Å². The smallest absolute Gasteiger partial charge is 0.195 e. The molecule has 0 aromatic heterocycles. The minimum Gasteiger partial charge on any atom is -0.493 e. The van der Waals surface area contributed by atoms with E-state index in [1.54, 1.807) is 14.2 Å². The number of hydrogen-bond acceptors (Lipinski definition) is 4. The molecule has 0 aliphatic rings. The van der Waals surface area contributed by atoms with Crippen molar-refractivity contribution in [2.24, 2.45) is 4.99 Å². The van der Waals surface area contributed by atoms with E-state index in [9.17, 15) is 0 Å². The molecular weight excluding hydrogens is 364 g/mol. The summed E-state index contributed by atoms with van der Waals surface area (Å²) in [5.74, 6) is 2.12. The summed E-state index contributed by atoms with van der Waals surface area (Å²) in [6.45, 7) is 10.7. The molecule has 0 spiro atoms. The van der Waals surface area contributed by atoms with Gasteiger partial charge in [-0.25, -0.2) is 0 Å². The van der Waals surface area contributed by atoms with Gasteiger partial charge in [-0.05, 0) is 43.3 Å². The van der Waals surface area contributed by atoms with Crippen LogP contribution in [0.25, 0.3) is 0 Å². The van der Waals surface area contributed by atoms with Crippen molar-refractivity contribution in [3.63, 3.8) is 0 Å². The maximum atomic E-state index is 5.57. The maximum absolute atomic E-state index is 5.57. The first-order valence-electron chi connectivity index (χ1n) is 10.2. The third-order valence-corrected chi connectivity index (χ3v) is 4.70. The summed E-state index contributed by atoms with van der Waals surface area (Å²) >= 11 is 0. The van der Waals surface area contributed by atoms with Crippen LogP contribution in [0.3, 0.4) is 0 Å². The lowest BCUT2D eigenvalue weighted by molar-refractivity contribution is 0.296. The maximum Gasteiger partial charge on any atom is 0.195 e. The van der Waals surface area contributed by atoms with Crippen molar-refractivity contribution in [1.29, 1.82) is 0 Å². The fraction of sp³-hybridized carbons (Fsp3) is 0.435. The summed E-state index contributed by atoms with van der Waals surface area (Å²) in [6.07, 6.45) is 0. The van der Waals surface area contributed by atoms with Gasteiger partial charge in [0.25, 0.3) is 0 Å². The molecule has 29 heavy (non-hydrogen) atoms. The summed E-state index contributed by atoms with van der Waals surface area (Å²) in [6, 6.07) is 14.4. The van der Waals surface area contributed by atoms with Gasteiger partial charge in [-0.1, -0.05) is 38.1 Å². The summed E-state index contributed by atoms with van der Waals surface area (Å²) in [5.41, 5.74) is 3.43. The molecule has 0 unspecified atom stereocenters. The van der Waals surface area contributed by atoms with Crippen molar-refractivity contribution in [2.45, 2.75) is 33.9 Å². The molecule has 2 rings (SSSR count). The molecule has 0 atom stereocenters. The third kappa shape index (κ3) is 6.98. The summed E-state index contributed by atoms with van der Waals surface area (Å²) in [4.78, 5) is 6.73. The lowest BCUT2D eigenvalue weighted by Gasteiger charge is -2.18. The predicted octanol–water partition coefficient (Wildman–Crippen LogP) is 4.12. The Labute approximate surface area is 174 Å². The van der Waals surface area contributed by atoms with Crippen LogP contribution in [0.15, 0.2) is 47.5 Å². The number of rotatable bonds is 10. The Hall–Kier alpha value is -2.73. The zero-order valence-corrected chi connectivity index (χ0v) is 18.3. The lowest BCUT2D eigenvalue weighted by Crippen LogP contribution is -2.30. The van der Waals surface area contributed by atoms with Crippen LogP contribution in [-0.4, -0.2) is 44.7 Å². The van der Waals surface area contributed by atoms with Gasteiger partial charge in [0.1, 0.15) is 0 Å². The van der Waals surface area contributed by atoms with Crippen molar-refractivity contribution in [3.05, 3.63) is 53.6 Å². The van der Waals surface area contributed by atoms with E-state index in [0.29, 0.717) is 24.9 Å². The van der Waals surface area contributed by atoms with E-state index in [1.807, 2.05) is 25.1 Å². The molecule has 6 nitrogen and oxygen atoms in total. The lowest BCUT2D eigenvalue weighted by atomic mass is 10.1. The number of guanidine groups is 1. The van der Waals surface area contributed by atoms with E-state index in [1.165, 1.54) is 11.1 Å². The number of ether oxygens (including phenoxy) is 2. The zero-order chi connectivity index (χ0) is 21.1. The molecule has 0 fully saturated rings. The Bertz CT molecular complexity index is 788. The third-order valence-electron chi connectivity index (χ3n) is 4.70. The monoisotopic (exact) mass is 398 g/mol. The molecule has 0 aliphatic carbocycles. The van der Waals surface area contributed by atoms with Crippen LogP contribution in [0.2, 0.25) is 0 Å². The second kappa shape index (κ2) is 12.0. The van der Waals surface area contributed by atoms with Gasteiger partial charge in [0.05, 0.1) is 13.7 Å². The SMILES string of the molecule is CCOc1ccc(NC(=NC)NCc2cccc(CN(CC)CC)c2)cc1OC. The number of methoxy groups -OCH3 is 1. The number of hydrogen-bond donors (Lipinski definition) is 2. The normalized spacial score (nSPS) is 11.4. The van der Waals surface area contributed by atoms with E-state index in [0.717, 1.165) is 31.1 Å². The molecule has 0 heterocycles. The minimum absolute atomic E-state index is 0.597. The summed E-state index contributed by atoms with van der Waals surface area (Å²) in [5, 5.41) is 6.68. The van der Waals surface area contributed by atoms with Crippen LogP contribution in [0.4, 0.5) is 5.69 Å². The molecule has 0 saturated heterocycles. The summed E-state index contributed by atoms with van der Waals surface area (Å²) < 4.78 is 11.0.